The summed E-state index contributed by atoms with van der Waals surface area (Å²) in [6.45, 7) is 2.20. The minimum absolute atomic E-state index is 0.316. The number of nitrogens with one attached hydrogen (secondary N) is 1. The number of thiophene rings is 1. The van der Waals surface area contributed by atoms with Crippen LogP contribution in [0.1, 0.15) is 39.9 Å². The molecule has 29 heavy (non-hydrogen) atoms. The van der Waals surface area contributed by atoms with Crippen LogP contribution in [0.5, 0.6) is 0 Å². The Balaban J connectivity index is 1.55. The number of hydrogen-bond donors (Lipinski definition) is 1. The number of methoxy groups -OCH3 is 1. The maximum absolute atomic E-state index is 12.5. The molecule has 5 nitrogen and oxygen atoms in total. The highest BCUT2D eigenvalue weighted by molar-refractivity contribution is 9.10. The van der Waals surface area contributed by atoms with Gasteiger partial charge in [0.15, 0.2) is 0 Å². The van der Waals surface area contributed by atoms with Gasteiger partial charge in [-0.15, -0.1) is 11.3 Å². The summed E-state index contributed by atoms with van der Waals surface area (Å²) < 4.78 is 11.6. The lowest BCUT2D eigenvalue weighted by molar-refractivity contribution is -0.111. The summed E-state index contributed by atoms with van der Waals surface area (Å²) in [4.78, 5) is 26.0. The van der Waals surface area contributed by atoms with Gasteiger partial charge < -0.3 is 14.5 Å². The number of hydrogen-bond acceptors (Lipinski definition) is 5. The van der Waals surface area contributed by atoms with E-state index in [0.29, 0.717) is 22.2 Å². The van der Waals surface area contributed by atoms with Crippen LogP contribution in [0.15, 0.2) is 39.2 Å². The largest absolute Gasteiger partial charge is 0.465 e. The van der Waals surface area contributed by atoms with Crippen molar-refractivity contribution in [3.8, 4) is 0 Å². The highest BCUT2D eigenvalue weighted by atomic mass is 79.9. The molecule has 0 saturated heterocycles. The number of anilines is 1. The van der Waals surface area contributed by atoms with E-state index >= 15 is 0 Å². The van der Waals surface area contributed by atoms with Gasteiger partial charge in [-0.1, -0.05) is 22.9 Å². The van der Waals surface area contributed by atoms with Crippen molar-refractivity contribution in [3.63, 3.8) is 0 Å². The Morgan fingerprint density at radius 2 is 2.17 bits per heavy atom. The van der Waals surface area contributed by atoms with Crippen LogP contribution >= 0.6 is 27.3 Å². The highest BCUT2D eigenvalue weighted by Crippen LogP contribution is 2.40. The third-order valence-electron chi connectivity index (χ3n) is 5.03. The lowest BCUT2D eigenvalue weighted by Crippen LogP contribution is -2.14. The molecular formula is C22H20BrNO4S. The highest BCUT2D eigenvalue weighted by Gasteiger charge is 2.28. The van der Waals surface area contributed by atoms with Crippen LogP contribution in [0.2, 0.25) is 0 Å². The Morgan fingerprint density at radius 3 is 2.97 bits per heavy atom. The molecule has 150 valence electrons. The smallest absolute Gasteiger partial charge is 0.341 e. The van der Waals surface area contributed by atoms with Crippen molar-refractivity contribution in [2.45, 2.75) is 26.2 Å². The van der Waals surface area contributed by atoms with Gasteiger partial charge in [0.2, 0.25) is 5.91 Å². The fourth-order valence-corrected chi connectivity index (χ4v) is 5.37. The van der Waals surface area contributed by atoms with Crippen LogP contribution in [0, 0.1) is 5.92 Å². The van der Waals surface area contributed by atoms with E-state index in [4.69, 9.17) is 9.15 Å². The summed E-state index contributed by atoms with van der Waals surface area (Å²) in [5.41, 5.74) is 2.26. The van der Waals surface area contributed by atoms with Crippen molar-refractivity contribution < 1.29 is 18.7 Å². The predicted molar refractivity (Wildman–Crippen MR) is 118 cm³/mol. The second-order valence-corrected chi connectivity index (χ2v) is 9.22. The number of carbonyl (C=O) groups is 2. The number of rotatable bonds is 4. The zero-order valence-corrected chi connectivity index (χ0v) is 18.5. The number of ether oxygens (including phenoxy) is 1. The molecule has 0 saturated carbocycles. The molecule has 1 aliphatic carbocycles. The number of esters is 1. The van der Waals surface area contributed by atoms with E-state index in [1.54, 1.807) is 6.08 Å². The molecule has 0 fully saturated rings. The quantitative estimate of drug-likeness (QED) is 0.382. The standard InChI is InChI=1S/C22H20BrNO4S/c1-12-3-6-16-18(9-12)29-21(20(16)22(26)27-2)24-19(25)8-5-15-11-13-10-14(23)4-7-17(13)28-15/h4-5,7-8,10-12H,3,6,9H2,1-2H3,(H,24,25). The number of fused-ring (bicyclic) bond motifs is 2. The Hall–Kier alpha value is -2.38. The minimum Gasteiger partial charge on any atom is -0.465 e. The van der Waals surface area contributed by atoms with Crippen LogP contribution in [0.4, 0.5) is 5.00 Å². The van der Waals surface area contributed by atoms with Gasteiger partial charge in [-0.3, -0.25) is 4.79 Å². The van der Waals surface area contributed by atoms with Gasteiger partial charge in [0, 0.05) is 20.8 Å². The number of amides is 1. The molecule has 0 radical (unpaired) electrons. The summed E-state index contributed by atoms with van der Waals surface area (Å²) >= 11 is 4.90. The summed E-state index contributed by atoms with van der Waals surface area (Å²) in [5.74, 6) is 0.437. The van der Waals surface area contributed by atoms with Gasteiger partial charge in [0.1, 0.15) is 16.3 Å². The molecule has 0 spiro atoms. The van der Waals surface area contributed by atoms with E-state index in [-0.39, 0.29) is 5.91 Å². The molecule has 1 aliphatic rings. The van der Waals surface area contributed by atoms with E-state index in [9.17, 15) is 9.59 Å². The van der Waals surface area contributed by atoms with Crippen LogP contribution in [-0.2, 0) is 22.4 Å². The van der Waals surface area contributed by atoms with Crippen molar-refractivity contribution >= 4 is 61.2 Å². The van der Waals surface area contributed by atoms with Crippen LogP contribution in [0.25, 0.3) is 17.0 Å². The topological polar surface area (TPSA) is 68.5 Å². The summed E-state index contributed by atoms with van der Waals surface area (Å²) in [6, 6.07) is 7.60. The first kappa shape index (κ1) is 19.9. The maximum atomic E-state index is 12.5. The van der Waals surface area contributed by atoms with Crippen LogP contribution in [0.3, 0.4) is 0 Å². The van der Waals surface area contributed by atoms with E-state index in [1.807, 2.05) is 24.3 Å². The maximum Gasteiger partial charge on any atom is 0.341 e. The lowest BCUT2D eigenvalue weighted by atomic mass is 9.88. The van der Waals surface area contributed by atoms with E-state index in [0.717, 1.165) is 45.1 Å². The van der Waals surface area contributed by atoms with Crippen molar-refractivity contribution in [2.24, 2.45) is 5.92 Å². The first-order valence-electron chi connectivity index (χ1n) is 9.35. The van der Waals surface area contributed by atoms with Crippen molar-refractivity contribution in [1.82, 2.24) is 0 Å². The zero-order chi connectivity index (χ0) is 20.5. The van der Waals surface area contributed by atoms with Gasteiger partial charge >= 0.3 is 5.97 Å². The van der Waals surface area contributed by atoms with Crippen molar-refractivity contribution in [1.29, 1.82) is 0 Å². The Morgan fingerprint density at radius 1 is 1.34 bits per heavy atom. The number of halogens is 1. The second-order valence-electron chi connectivity index (χ2n) is 7.20. The average Bonchev–Trinajstić information content (AvgIpc) is 3.25. The van der Waals surface area contributed by atoms with Crippen molar-refractivity contribution in [2.75, 3.05) is 12.4 Å². The van der Waals surface area contributed by atoms with E-state index in [2.05, 4.69) is 28.2 Å². The second kappa shape index (κ2) is 8.16. The predicted octanol–water partition coefficient (Wildman–Crippen LogP) is 5.82. The van der Waals surface area contributed by atoms with E-state index in [1.165, 1.54) is 24.5 Å². The summed E-state index contributed by atoms with van der Waals surface area (Å²) in [5, 5.41) is 4.36. The van der Waals surface area contributed by atoms with Gasteiger partial charge in [0.05, 0.1) is 12.7 Å². The molecule has 0 aliphatic heterocycles. The van der Waals surface area contributed by atoms with Gasteiger partial charge in [-0.2, -0.15) is 0 Å². The summed E-state index contributed by atoms with van der Waals surface area (Å²) in [7, 11) is 1.36. The Kier molecular flexibility index (Phi) is 5.61. The molecular weight excluding hydrogens is 454 g/mol. The third kappa shape index (κ3) is 4.16. The lowest BCUT2D eigenvalue weighted by Gasteiger charge is -2.18. The first-order valence-corrected chi connectivity index (χ1v) is 11.0. The minimum atomic E-state index is -0.404. The molecule has 4 rings (SSSR count). The van der Waals surface area contributed by atoms with Crippen LogP contribution < -0.4 is 5.32 Å². The Bertz CT molecular complexity index is 1130. The number of furan rings is 1. The molecule has 1 amide bonds. The van der Waals surface area contributed by atoms with Gasteiger partial charge in [0.25, 0.3) is 0 Å². The first-order chi connectivity index (χ1) is 13.9. The van der Waals surface area contributed by atoms with Gasteiger partial charge in [-0.25, -0.2) is 4.79 Å². The fraction of sp³-hybridized carbons (Fsp3) is 0.273. The molecule has 3 aromatic rings. The number of carbonyl (C=O) groups excluding carboxylic acids is 2. The molecule has 1 atom stereocenters. The average molecular weight is 474 g/mol. The molecule has 7 heteroatoms. The Labute approximate surface area is 180 Å². The molecule has 1 N–H and O–H groups in total. The molecule has 1 aromatic carbocycles. The number of benzene rings is 1. The SMILES string of the molecule is COC(=O)c1c(NC(=O)C=Cc2cc3cc(Br)ccc3o2)sc2c1CCC(C)C2. The van der Waals surface area contributed by atoms with Gasteiger partial charge in [-0.05, 0) is 61.1 Å². The third-order valence-corrected chi connectivity index (χ3v) is 6.70. The van der Waals surface area contributed by atoms with Crippen LogP contribution in [-0.4, -0.2) is 19.0 Å². The molecule has 1 unspecified atom stereocenters. The molecule has 0 bridgehead atoms. The fourth-order valence-electron chi connectivity index (χ4n) is 3.59. The normalized spacial score (nSPS) is 16.2. The summed E-state index contributed by atoms with van der Waals surface area (Å²) in [6.07, 6.45) is 5.82. The molecule has 2 aromatic heterocycles. The monoisotopic (exact) mass is 473 g/mol. The van der Waals surface area contributed by atoms with Crippen molar-refractivity contribution in [3.05, 3.63) is 56.6 Å². The molecule has 2 heterocycles. The van der Waals surface area contributed by atoms with E-state index < -0.39 is 5.97 Å². The zero-order valence-electron chi connectivity index (χ0n) is 16.1.